The first kappa shape index (κ1) is 30.1. The summed E-state index contributed by atoms with van der Waals surface area (Å²) in [4.78, 5) is 30.2. The summed E-state index contributed by atoms with van der Waals surface area (Å²) >= 11 is 12.4. The minimum atomic E-state index is -4.63. The van der Waals surface area contributed by atoms with Gasteiger partial charge in [0, 0.05) is 17.0 Å². The van der Waals surface area contributed by atoms with Crippen molar-refractivity contribution < 1.29 is 27.5 Å². The predicted molar refractivity (Wildman–Crippen MR) is 140 cm³/mol. The van der Waals surface area contributed by atoms with Crippen molar-refractivity contribution in [1.29, 1.82) is 0 Å². The molecule has 0 bridgehead atoms. The van der Waals surface area contributed by atoms with E-state index in [9.17, 15) is 18.0 Å². The molecule has 1 aromatic heterocycles. The third-order valence-electron chi connectivity index (χ3n) is 4.79. The Morgan fingerprint density at radius 1 is 1.03 bits per heavy atom. The van der Waals surface area contributed by atoms with Gasteiger partial charge in [0.05, 0.1) is 9.92 Å². The smallest absolute Gasteiger partial charge is 0.425 e. The van der Waals surface area contributed by atoms with Crippen LogP contribution in [0.5, 0.6) is 0 Å². The Morgan fingerprint density at radius 3 is 2.19 bits per heavy atom. The zero-order chi connectivity index (χ0) is 27.5. The number of halogens is 2. The van der Waals surface area contributed by atoms with Crippen molar-refractivity contribution >= 4 is 56.1 Å². The molecular weight excluding hydrogens is 529 g/mol. The van der Waals surface area contributed by atoms with Crippen LogP contribution in [0.25, 0.3) is 10.8 Å². The first-order valence-electron chi connectivity index (χ1n) is 11.4. The molecule has 12 heteroatoms. The highest BCUT2D eigenvalue weighted by molar-refractivity contribution is 7.89. The monoisotopic (exact) mass is 561 g/mol. The number of fused-ring (bicyclic) bond motifs is 1. The largest absolute Gasteiger partial charge is 0.458 e. The number of sulfonamides is 1. The molecule has 2 aromatic rings. The third kappa shape index (κ3) is 7.68. The maximum Gasteiger partial charge on any atom is 0.425 e. The minimum absolute atomic E-state index is 0.00763. The Morgan fingerprint density at radius 2 is 1.64 bits per heavy atom. The van der Waals surface area contributed by atoms with Crippen molar-refractivity contribution in [2.24, 2.45) is 5.73 Å². The van der Waals surface area contributed by atoms with E-state index in [1.165, 1.54) is 24.4 Å². The summed E-state index contributed by atoms with van der Waals surface area (Å²) in [5, 5.41) is 1.05. The number of rotatable bonds is 8. The van der Waals surface area contributed by atoms with Crippen molar-refractivity contribution in [2.45, 2.75) is 82.9 Å². The van der Waals surface area contributed by atoms with E-state index >= 15 is 0 Å². The van der Waals surface area contributed by atoms with Gasteiger partial charge in [0.2, 0.25) is 0 Å². The van der Waals surface area contributed by atoms with Gasteiger partial charge >= 0.3 is 12.1 Å². The summed E-state index contributed by atoms with van der Waals surface area (Å²) in [6.45, 7) is 10.1. The molecule has 9 nitrogen and oxygen atoms in total. The first-order chi connectivity index (χ1) is 16.5. The van der Waals surface area contributed by atoms with E-state index in [0.29, 0.717) is 29.1 Å². The van der Waals surface area contributed by atoms with Crippen LogP contribution < -0.4 is 5.73 Å². The van der Waals surface area contributed by atoms with E-state index in [1.54, 1.807) is 41.5 Å². The third-order valence-corrected chi connectivity index (χ3v) is 7.16. The van der Waals surface area contributed by atoms with Crippen LogP contribution in [-0.4, -0.2) is 53.6 Å². The van der Waals surface area contributed by atoms with Crippen LogP contribution in [0.15, 0.2) is 29.3 Å². The van der Waals surface area contributed by atoms with Gasteiger partial charge in [-0.1, -0.05) is 29.3 Å². The summed E-state index contributed by atoms with van der Waals surface area (Å²) in [6, 6.07) is 2.51. The van der Waals surface area contributed by atoms with Gasteiger partial charge in [-0.25, -0.2) is 23.0 Å². The molecule has 1 aromatic carbocycles. The van der Waals surface area contributed by atoms with Gasteiger partial charge in [0.1, 0.15) is 22.4 Å². The lowest BCUT2D eigenvalue weighted by molar-refractivity contribution is -0.159. The highest BCUT2D eigenvalue weighted by Crippen LogP contribution is 2.32. The Labute approximate surface area is 222 Å². The molecule has 0 aliphatic heterocycles. The van der Waals surface area contributed by atoms with Crippen molar-refractivity contribution in [1.82, 2.24) is 9.29 Å². The van der Waals surface area contributed by atoms with Gasteiger partial charge in [-0.3, -0.25) is 0 Å². The number of nitrogens with zero attached hydrogens (tertiary/aromatic N) is 2. The van der Waals surface area contributed by atoms with Crippen LogP contribution in [-0.2, 0) is 24.3 Å². The molecule has 200 valence electrons. The van der Waals surface area contributed by atoms with Crippen LogP contribution in [0.4, 0.5) is 4.79 Å². The van der Waals surface area contributed by atoms with Crippen LogP contribution in [0.3, 0.4) is 0 Å². The molecule has 0 aliphatic carbocycles. The van der Waals surface area contributed by atoms with Crippen molar-refractivity contribution in [2.75, 3.05) is 6.54 Å². The predicted octanol–water partition coefficient (Wildman–Crippen LogP) is 5.31. The van der Waals surface area contributed by atoms with Crippen LogP contribution in [0.2, 0.25) is 10.2 Å². The lowest BCUT2D eigenvalue weighted by Crippen LogP contribution is -2.51. The number of carbonyl (C=O) groups is 2. The van der Waals surface area contributed by atoms with E-state index in [0.717, 1.165) is 0 Å². The number of aromatic nitrogens is 1. The molecule has 1 heterocycles. The van der Waals surface area contributed by atoms with E-state index in [1.807, 2.05) is 0 Å². The Hall–Kier alpha value is -2.14. The van der Waals surface area contributed by atoms with E-state index in [-0.39, 0.29) is 26.9 Å². The highest BCUT2D eigenvalue weighted by Gasteiger charge is 2.43. The number of amides is 1. The van der Waals surface area contributed by atoms with Gasteiger partial charge in [0.25, 0.3) is 10.0 Å². The number of esters is 1. The van der Waals surface area contributed by atoms with Gasteiger partial charge < -0.3 is 15.2 Å². The number of pyridine rings is 1. The van der Waals surface area contributed by atoms with Crippen LogP contribution >= 0.6 is 23.2 Å². The molecule has 0 unspecified atom stereocenters. The summed E-state index contributed by atoms with van der Waals surface area (Å²) in [7, 11) is -4.63. The number of unbranched alkanes of at least 4 members (excludes halogenated alkanes) is 1. The van der Waals surface area contributed by atoms with E-state index in [2.05, 4.69) is 4.98 Å². The molecule has 36 heavy (non-hydrogen) atoms. The second-order valence-corrected chi connectivity index (χ2v) is 12.8. The SMILES string of the molecule is CC(C)(C)OC(=O)[C@@H](CCCCN)N(C(=O)OC(C)(C)C)S(=O)(=O)c1ccc2c(Cl)cnc(Cl)c2c1. The van der Waals surface area contributed by atoms with Gasteiger partial charge in [-0.05, 0) is 79.5 Å². The quantitative estimate of drug-likeness (QED) is 0.261. The fourth-order valence-electron chi connectivity index (χ4n) is 3.31. The zero-order valence-electron chi connectivity index (χ0n) is 21.3. The average molecular weight is 563 g/mol. The maximum absolute atomic E-state index is 13.9. The zero-order valence-corrected chi connectivity index (χ0v) is 23.6. The van der Waals surface area contributed by atoms with Gasteiger partial charge in [-0.2, -0.15) is 4.31 Å². The molecule has 0 saturated heterocycles. The Balaban J connectivity index is 2.71. The van der Waals surface area contributed by atoms with Crippen molar-refractivity contribution in [3.05, 3.63) is 34.6 Å². The fourth-order valence-corrected chi connectivity index (χ4v) is 5.22. The van der Waals surface area contributed by atoms with Crippen LogP contribution in [0.1, 0.15) is 60.8 Å². The lowest BCUT2D eigenvalue weighted by atomic mass is 10.1. The molecule has 1 amide bonds. The van der Waals surface area contributed by atoms with Crippen LogP contribution in [0, 0.1) is 0 Å². The minimum Gasteiger partial charge on any atom is -0.458 e. The molecule has 0 saturated carbocycles. The molecule has 0 fully saturated rings. The van der Waals surface area contributed by atoms with Crippen molar-refractivity contribution in [3.8, 4) is 0 Å². The number of ether oxygens (including phenoxy) is 2. The molecule has 0 radical (unpaired) electrons. The molecule has 2 N–H and O–H groups in total. The first-order valence-corrected chi connectivity index (χ1v) is 13.6. The van der Waals surface area contributed by atoms with E-state index in [4.69, 9.17) is 38.4 Å². The molecule has 2 rings (SSSR count). The number of nitrogens with two attached hydrogens (primary N) is 1. The maximum atomic E-state index is 13.9. The summed E-state index contributed by atoms with van der Waals surface area (Å²) in [5.74, 6) is -0.877. The fraction of sp³-hybridized carbons (Fsp3) is 0.542. The van der Waals surface area contributed by atoms with E-state index < -0.39 is 39.3 Å². The highest BCUT2D eigenvalue weighted by atomic mass is 35.5. The second kappa shape index (κ2) is 11.5. The summed E-state index contributed by atoms with van der Waals surface area (Å²) in [6.07, 6.45) is 1.02. The molecule has 1 atom stereocenters. The number of carbonyl (C=O) groups excluding carboxylic acids is 2. The molecule has 0 spiro atoms. The second-order valence-electron chi connectivity index (χ2n) is 10.2. The van der Waals surface area contributed by atoms with Gasteiger partial charge in [0.15, 0.2) is 0 Å². The molecular formula is C24H33Cl2N3O6S. The average Bonchev–Trinajstić information content (AvgIpc) is 2.72. The Kier molecular flexibility index (Phi) is 9.61. The molecule has 0 aliphatic rings. The lowest BCUT2D eigenvalue weighted by Gasteiger charge is -2.33. The Bertz CT molecular complexity index is 1220. The number of hydrogen-bond donors (Lipinski definition) is 1. The van der Waals surface area contributed by atoms with Gasteiger partial charge in [-0.15, -0.1) is 0 Å². The normalized spacial score (nSPS) is 13.4. The number of benzene rings is 1. The number of hydrogen-bond acceptors (Lipinski definition) is 8. The summed E-state index contributed by atoms with van der Waals surface area (Å²) < 4.78 is 39.3. The summed E-state index contributed by atoms with van der Waals surface area (Å²) in [5.41, 5.74) is 3.64. The van der Waals surface area contributed by atoms with Crippen molar-refractivity contribution in [3.63, 3.8) is 0 Å². The topological polar surface area (TPSA) is 129 Å². The standard InChI is InChI=1S/C24H33Cl2N3O6S/c1-23(2,3)34-21(30)19(9-7-8-12-27)29(22(31)35-24(4,5)6)36(32,33)15-10-11-16-17(13-15)20(26)28-14-18(16)25/h10-11,13-14,19H,7-9,12,27H2,1-6H3/t19-/m1/s1.